The van der Waals surface area contributed by atoms with E-state index in [1.807, 2.05) is 0 Å². The Hall–Kier alpha value is -3.96. The average molecular weight is 466 g/mol. The minimum atomic E-state index is -4.55. The number of alkyl halides is 3. The lowest BCUT2D eigenvalue weighted by atomic mass is 10.1. The number of nitrogens with one attached hydrogen (secondary N) is 1. The summed E-state index contributed by atoms with van der Waals surface area (Å²) in [5.41, 5.74) is -0.673. The molecule has 0 aliphatic heterocycles. The van der Waals surface area contributed by atoms with Gasteiger partial charge in [0, 0.05) is 24.9 Å². The Bertz CT molecular complexity index is 1140. The Morgan fingerprint density at radius 3 is 2.55 bits per heavy atom. The minimum absolute atomic E-state index is 0.00350. The van der Waals surface area contributed by atoms with Crippen LogP contribution in [-0.4, -0.2) is 41.7 Å². The number of ether oxygens (including phenoxy) is 3. The van der Waals surface area contributed by atoms with E-state index in [0.717, 1.165) is 30.7 Å². The van der Waals surface area contributed by atoms with Crippen LogP contribution >= 0.6 is 0 Å². The van der Waals surface area contributed by atoms with Crippen LogP contribution in [0.4, 0.5) is 23.4 Å². The van der Waals surface area contributed by atoms with Crippen LogP contribution in [0.3, 0.4) is 0 Å². The summed E-state index contributed by atoms with van der Waals surface area (Å²) in [7, 11) is 2.55. The van der Waals surface area contributed by atoms with Crippen LogP contribution in [0, 0.1) is 5.82 Å². The highest BCUT2D eigenvalue weighted by molar-refractivity contribution is 5.91. The largest absolute Gasteiger partial charge is 0.491 e. The van der Waals surface area contributed by atoms with Crippen LogP contribution < -0.4 is 14.8 Å². The molecule has 1 N–H and O–H groups in total. The molecule has 1 aromatic carbocycles. The van der Waals surface area contributed by atoms with Crippen molar-refractivity contribution in [2.24, 2.45) is 0 Å². The van der Waals surface area contributed by atoms with Gasteiger partial charge in [0.2, 0.25) is 5.88 Å². The van der Waals surface area contributed by atoms with Crippen molar-refractivity contribution in [1.29, 1.82) is 0 Å². The Morgan fingerprint density at radius 2 is 1.88 bits per heavy atom. The first kappa shape index (κ1) is 23.7. The summed E-state index contributed by atoms with van der Waals surface area (Å²) in [6.07, 6.45) is -2.21. The van der Waals surface area contributed by atoms with Crippen molar-refractivity contribution in [3.63, 3.8) is 0 Å². The number of esters is 1. The first-order valence-electron chi connectivity index (χ1n) is 9.43. The molecule has 12 heteroatoms. The maximum absolute atomic E-state index is 14.5. The number of carbonyl (C=O) groups excluding carboxylic acids is 1. The molecule has 0 spiro atoms. The molecule has 0 fully saturated rings. The van der Waals surface area contributed by atoms with Crippen molar-refractivity contribution in [3.8, 4) is 17.4 Å². The minimum Gasteiger partial charge on any atom is -0.491 e. The van der Waals surface area contributed by atoms with Gasteiger partial charge in [0.15, 0.2) is 17.3 Å². The second-order valence-corrected chi connectivity index (χ2v) is 6.51. The average Bonchev–Trinajstić information content (AvgIpc) is 2.79. The van der Waals surface area contributed by atoms with Crippen molar-refractivity contribution in [2.45, 2.75) is 12.6 Å². The van der Waals surface area contributed by atoms with Crippen LogP contribution in [0.15, 0.2) is 42.9 Å². The Labute approximate surface area is 185 Å². The molecule has 0 atom stereocenters. The number of pyridine rings is 1. The van der Waals surface area contributed by atoms with Crippen LogP contribution in [0.5, 0.6) is 17.4 Å². The lowest BCUT2D eigenvalue weighted by Gasteiger charge is -2.13. The molecular weight excluding hydrogens is 448 g/mol. The number of methoxy groups -OCH3 is 2. The maximum atomic E-state index is 14.5. The number of hydrogen-bond acceptors (Lipinski definition) is 8. The molecule has 2 heterocycles. The predicted molar refractivity (Wildman–Crippen MR) is 108 cm³/mol. The Kier molecular flexibility index (Phi) is 7.26. The highest BCUT2D eigenvalue weighted by Gasteiger charge is 2.31. The lowest BCUT2D eigenvalue weighted by molar-refractivity contribution is -0.137. The van der Waals surface area contributed by atoms with Crippen molar-refractivity contribution >= 4 is 11.8 Å². The molecule has 0 bridgehead atoms. The third kappa shape index (κ3) is 5.84. The maximum Gasteiger partial charge on any atom is 0.416 e. The standard InChI is InChI=1S/C21H18F4N4O4/c1-31-18-17(20(30)32-2)28-11-29-19(18)27-7-5-12-3-4-14(10-15(12)22)33-16-9-13(6-8-26-16)21(23,24)25/h3-4,6,8-11H,5,7H2,1-2H3,(H,27,28,29). The fourth-order valence-electron chi connectivity index (χ4n) is 2.81. The SMILES string of the molecule is COC(=O)c1ncnc(NCCc2ccc(Oc3cc(C(F)(F)F)ccn3)cc2F)c1OC. The van der Waals surface area contributed by atoms with Gasteiger partial charge in [-0.2, -0.15) is 13.2 Å². The summed E-state index contributed by atoms with van der Waals surface area (Å²) < 4.78 is 68.0. The molecule has 8 nitrogen and oxygen atoms in total. The highest BCUT2D eigenvalue weighted by atomic mass is 19.4. The fourth-order valence-corrected chi connectivity index (χ4v) is 2.81. The molecule has 2 aromatic heterocycles. The number of nitrogens with zero attached hydrogens (tertiary/aromatic N) is 3. The van der Waals surface area contributed by atoms with Crippen molar-refractivity contribution in [3.05, 3.63) is 65.5 Å². The summed E-state index contributed by atoms with van der Waals surface area (Å²) in [5.74, 6) is -1.32. The second-order valence-electron chi connectivity index (χ2n) is 6.51. The molecule has 0 amide bonds. The number of hydrogen-bond donors (Lipinski definition) is 1. The van der Waals surface area contributed by atoms with Gasteiger partial charge in [-0.3, -0.25) is 0 Å². The van der Waals surface area contributed by atoms with Gasteiger partial charge in [-0.25, -0.2) is 24.1 Å². The van der Waals surface area contributed by atoms with E-state index >= 15 is 0 Å². The van der Waals surface area contributed by atoms with E-state index in [4.69, 9.17) is 9.47 Å². The summed E-state index contributed by atoms with van der Waals surface area (Å²) >= 11 is 0. The van der Waals surface area contributed by atoms with E-state index in [1.165, 1.54) is 26.4 Å². The summed E-state index contributed by atoms with van der Waals surface area (Å²) in [4.78, 5) is 23.3. The summed E-state index contributed by atoms with van der Waals surface area (Å²) in [6.45, 7) is 0.223. The first-order chi connectivity index (χ1) is 15.7. The first-order valence-corrected chi connectivity index (χ1v) is 9.43. The second kappa shape index (κ2) is 10.1. The molecule has 0 unspecified atom stereocenters. The molecule has 0 radical (unpaired) electrons. The lowest BCUT2D eigenvalue weighted by Crippen LogP contribution is -2.13. The van der Waals surface area contributed by atoms with Gasteiger partial charge in [0.05, 0.1) is 19.8 Å². The summed E-state index contributed by atoms with van der Waals surface area (Å²) in [6, 6.07) is 5.45. The van der Waals surface area contributed by atoms with Crippen LogP contribution in [0.1, 0.15) is 21.6 Å². The molecule has 0 saturated heterocycles. The monoisotopic (exact) mass is 466 g/mol. The van der Waals surface area contributed by atoms with E-state index in [0.29, 0.717) is 5.56 Å². The molecule has 33 heavy (non-hydrogen) atoms. The van der Waals surface area contributed by atoms with E-state index in [1.54, 1.807) is 0 Å². The van der Waals surface area contributed by atoms with Crippen LogP contribution in [0.2, 0.25) is 0 Å². The number of anilines is 1. The van der Waals surface area contributed by atoms with E-state index in [2.05, 4.69) is 25.0 Å². The van der Waals surface area contributed by atoms with Gasteiger partial charge in [-0.05, 0) is 24.1 Å². The van der Waals surface area contributed by atoms with Gasteiger partial charge in [0.25, 0.3) is 0 Å². The Balaban J connectivity index is 1.66. The number of benzene rings is 1. The van der Waals surface area contributed by atoms with E-state index in [-0.39, 0.29) is 41.9 Å². The smallest absolute Gasteiger partial charge is 0.416 e. The summed E-state index contributed by atoms with van der Waals surface area (Å²) in [5, 5.41) is 2.94. The zero-order chi connectivity index (χ0) is 24.0. The van der Waals surface area contributed by atoms with Crippen LogP contribution in [0.25, 0.3) is 0 Å². The van der Waals surface area contributed by atoms with Crippen molar-refractivity contribution in [1.82, 2.24) is 15.0 Å². The van der Waals surface area contributed by atoms with Crippen LogP contribution in [-0.2, 0) is 17.3 Å². The van der Waals surface area contributed by atoms with E-state index in [9.17, 15) is 22.4 Å². The quantitative estimate of drug-likeness (QED) is 0.389. The topological polar surface area (TPSA) is 95.5 Å². The third-order valence-corrected chi connectivity index (χ3v) is 4.38. The van der Waals surface area contributed by atoms with Gasteiger partial charge in [0.1, 0.15) is 17.9 Å². The fraction of sp³-hybridized carbons (Fsp3) is 0.238. The zero-order valence-corrected chi connectivity index (χ0v) is 17.4. The van der Waals surface area contributed by atoms with Gasteiger partial charge in [-0.15, -0.1) is 0 Å². The number of carbonyl (C=O) groups is 1. The molecule has 0 aliphatic carbocycles. The zero-order valence-electron chi connectivity index (χ0n) is 17.4. The molecule has 0 saturated carbocycles. The van der Waals surface area contributed by atoms with E-state index < -0.39 is 23.5 Å². The predicted octanol–water partition coefficient (Wildman–Crippen LogP) is 4.27. The molecular formula is C21H18F4N4O4. The normalized spacial score (nSPS) is 11.1. The highest BCUT2D eigenvalue weighted by Crippen LogP contribution is 2.32. The third-order valence-electron chi connectivity index (χ3n) is 4.38. The molecule has 174 valence electrons. The molecule has 3 rings (SSSR count). The molecule has 3 aromatic rings. The van der Waals surface area contributed by atoms with Gasteiger partial charge < -0.3 is 19.5 Å². The van der Waals surface area contributed by atoms with Gasteiger partial charge in [-0.1, -0.05) is 6.07 Å². The number of rotatable bonds is 8. The number of aromatic nitrogens is 3. The van der Waals surface area contributed by atoms with Gasteiger partial charge >= 0.3 is 12.1 Å². The van der Waals surface area contributed by atoms with Crippen molar-refractivity contribution in [2.75, 3.05) is 26.1 Å². The molecule has 0 aliphatic rings. The number of halogens is 4. The Morgan fingerprint density at radius 1 is 1.09 bits per heavy atom. The van der Waals surface area contributed by atoms with Crippen molar-refractivity contribution < 1.29 is 36.6 Å².